The van der Waals surface area contributed by atoms with Gasteiger partial charge in [0.15, 0.2) is 5.78 Å². The number of fused-ring (bicyclic) bond motifs is 1. The number of Topliss-reactive ketones (excluding diaryl/α,β-unsaturated/α-hetero) is 1. The van der Waals surface area contributed by atoms with Crippen LogP contribution in [0, 0.1) is 11.2 Å². The Hall–Kier alpha value is -1.90. The maximum Gasteiger partial charge on any atom is 0.165 e. The van der Waals surface area contributed by atoms with Crippen molar-refractivity contribution < 1.29 is 9.18 Å². The highest BCUT2D eigenvalue weighted by Crippen LogP contribution is 2.39. The molecule has 1 aromatic heterocycles. The molecular weight excluding hydrogens is 265 g/mol. The van der Waals surface area contributed by atoms with Gasteiger partial charge in [0.2, 0.25) is 0 Å². The summed E-state index contributed by atoms with van der Waals surface area (Å²) in [5.41, 5.74) is 4.88. The van der Waals surface area contributed by atoms with E-state index in [1.165, 1.54) is 12.1 Å². The molecule has 0 radical (unpaired) electrons. The molecule has 0 saturated heterocycles. The van der Waals surface area contributed by atoms with Crippen LogP contribution in [0.1, 0.15) is 48.8 Å². The van der Waals surface area contributed by atoms with Crippen LogP contribution in [0.2, 0.25) is 0 Å². The van der Waals surface area contributed by atoms with Gasteiger partial charge < -0.3 is 4.98 Å². The Kier molecular flexibility index (Phi) is 3.23. The van der Waals surface area contributed by atoms with Crippen molar-refractivity contribution in [1.82, 2.24) is 4.98 Å². The third-order valence-electron chi connectivity index (χ3n) is 4.24. The van der Waals surface area contributed by atoms with Crippen LogP contribution in [0.5, 0.6) is 0 Å². The Morgan fingerprint density at radius 1 is 1.19 bits per heavy atom. The Bertz CT molecular complexity index is 695. The van der Waals surface area contributed by atoms with Crippen molar-refractivity contribution >= 4 is 5.78 Å². The molecule has 0 unspecified atom stereocenters. The van der Waals surface area contributed by atoms with Gasteiger partial charge in [0.05, 0.1) is 0 Å². The van der Waals surface area contributed by atoms with E-state index in [4.69, 9.17) is 0 Å². The molecule has 110 valence electrons. The summed E-state index contributed by atoms with van der Waals surface area (Å²) >= 11 is 0. The first-order valence-corrected chi connectivity index (χ1v) is 7.44. The Balaban J connectivity index is 2.16. The van der Waals surface area contributed by atoms with Crippen molar-refractivity contribution in [2.24, 2.45) is 5.41 Å². The average Bonchev–Trinajstić information content (AvgIpc) is 2.76. The van der Waals surface area contributed by atoms with E-state index in [-0.39, 0.29) is 17.0 Å². The minimum absolute atomic E-state index is 0.0000140. The topological polar surface area (TPSA) is 32.9 Å². The number of carbonyl (C=O) groups is 1. The van der Waals surface area contributed by atoms with Gasteiger partial charge in [-0.15, -0.1) is 0 Å². The van der Waals surface area contributed by atoms with Gasteiger partial charge in [0, 0.05) is 23.4 Å². The first-order valence-electron chi connectivity index (χ1n) is 7.44. The van der Waals surface area contributed by atoms with Gasteiger partial charge in [-0.3, -0.25) is 4.79 Å². The highest BCUT2D eigenvalue weighted by Gasteiger charge is 2.34. The van der Waals surface area contributed by atoms with Gasteiger partial charge in [0.25, 0.3) is 0 Å². The van der Waals surface area contributed by atoms with E-state index in [0.717, 1.165) is 40.9 Å². The molecule has 0 bridgehead atoms. The Morgan fingerprint density at radius 3 is 2.48 bits per heavy atom. The third kappa shape index (κ3) is 2.41. The third-order valence-corrected chi connectivity index (χ3v) is 4.24. The number of aromatic amines is 1. The highest BCUT2D eigenvalue weighted by molar-refractivity contribution is 6.02. The largest absolute Gasteiger partial charge is 0.358 e. The van der Waals surface area contributed by atoms with Crippen molar-refractivity contribution in [2.75, 3.05) is 0 Å². The number of ketones is 1. The second-order valence-corrected chi connectivity index (χ2v) is 6.63. The number of carbonyl (C=O) groups excluding carboxylic acids is 1. The van der Waals surface area contributed by atoms with E-state index in [0.29, 0.717) is 6.42 Å². The zero-order valence-electron chi connectivity index (χ0n) is 12.7. The van der Waals surface area contributed by atoms with E-state index in [9.17, 15) is 9.18 Å². The fraction of sp³-hybridized carbons (Fsp3) is 0.389. The van der Waals surface area contributed by atoms with Crippen molar-refractivity contribution in [2.45, 2.75) is 40.0 Å². The van der Waals surface area contributed by atoms with Crippen LogP contribution in [-0.2, 0) is 12.8 Å². The standard InChI is InChI=1S/C18H20FNO/c1-4-13-16-14(9-18(2,3)10-15(16)21)20-17(13)11-5-7-12(19)8-6-11/h5-8,20H,4,9-10H2,1-3H3. The molecule has 1 N–H and O–H groups in total. The number of hydrogen-bond acceptors (Lipinski definition) is 1. The van der Waals surface area contributed by atoms with Crippen molar-refractivity contribution in [1.29, 1.82) is 0 Å². The number of H-pyrrole nitrogens is 1. The summed E-state index contributed by atoms with van der Waals surface area (Å²) in [7, 11) is 0. The molecule has 0 fully saturated rings. The molecule has 0 saturated carbocycles. The molecule has 1 heterocycles. The van der Waals surface area contributed by atoms with Crippen molar-refractivity contribution in [3.8, 4) is 11.3 Å². The summed E-state index contributed by atoms with van der Waals surface area (Å²) in [5, 5.41) is 0. The smallest absolute Gasteiger partial charge is 0.165 e. The molecule has 0 aliphatic heterocycles. The Labute approximate surface area is 124 Å². The molecule has 2 nitrogen and oxygen atoms in total. The summed E-state index contributed by atoms with van der Waals surface area (Å²) in [6.07, 6.45) is 2.26. The summed E-state index contributed by atoms with van der Waals surface area (Å²) in [6, 6.07) is 6.45. The van der Waals surface area contributed by atoms with Gasteiger partial charge in [-0.2, -0.15) is 0 Å². The summed E-state index contributed by atoms with van der Waals surface area (Å²) < 4.78 is 13.1. The number of rotatable bonds is 2. The van der Waals surface area contributed by atoms with E-state index >= 15 is 0 Å². The first-order chi connectivity index (χ1) is 9.91. The molecule has 0 amide bonds. The molecule has 0 spiro atoms. The van der Waals surface area contributed by atoms with Crippen LogP contribution in [0.4, 0.5) is 4.39 Å². The van der Waals surface area contributed by atoms with Crippen molar-refractivity contribution in [3.05, 3.63) is 46.9 Å². The fourth-order valence-corrected chi connectivity index (χ4v) is 3.35. The predicted octanol–water partition coefficient (Wildman–Crippen LogP) is 4.54. The summed E-state index contributed by atoms with van der Waals surface area (Å²) in [6.45, 7) is 6.30. The number of aromatic nitrogens is 1. The normalized spacial score (nSPS) is 16.9. The molecule has 1 aliphatic carbocycles. The van der Waals surface area contributed by atoms with Gasteiger partial charge in [-0.1, -0.05) is 20.8 Å². The van der Waals surface area contributed by atoms with E-state index in [1.807, 2.05) is 0 Å². The molecule has 2 aromatic rings. The van der Waals surface area contributed by atoms with Crippen LogP contribution in [0.15, 0.2) is 24.3 Å². The average molecular weight is 285 g/mol. The van der Waals surface area contributed by atoms with Crippen LogP contribution >= 0.6 is 0 Å². The SMILES string of the molecule is CCc1c(-c2ccc(F)cc2)[nH]c2c1C(=O)CC(C)(C)C2. The van der Waals surface area contributed by atoms with Crippen molar-refractivity contribution in [3.63, 3.8) is 0 Å². The first kappa shape index (κ1) is 14.1. The molecule has 1 aromatic carbocycles. The summed E-state index contributed by atoms with van der Waals surface area (Å²) in [5.74, 6) is -0.0203. The van der Waals surface area contributed by atoms with Crippen LogP contribution in [0.3, 0.4) is 0 Å². The number of nitrogens with one attached hydrogen (secondary N) is 1. The molecular formula is C18H20FNO. The number of halogens is 1. The zero-order valence-corrected chi connectivity index (χ0v) is 12.7. The molecule has 3 rings (SSSR count). The molecule has 21 heavy (non-hydrogen) atoms. The number of hydrogen-bond donors (Lipinski definition) is 1. The van der Waals surface area contributed by atoms with Gasteiger partial charge >= 0.3 is 0 Å². The highest BCUT2D eigenvalue weighted by atomic mass is 19.1. The lowest BCUT2D eigenvalue weighted by atomic mass is 9.75. The van der Waals surface area contributed by atoms with Crippen LogP contribution in [-0.4, -0.2) is 10.8 Å². The monoisotopic (exact) mass is 285 g/mol. The van der Waals surface area contributed by atoms with Gasteiger partial charge in [-0.25, -0.2) is 4.39 Å². The molecule has 0 atom stereocenters. The van der Waals surface area contributed by atoms with E-state index in [2.05, 4.69) is 25.8 Å². The maximum absolute atomic E-state index is 13.1. The lowest BCUT2D eigenvalue weighted by Crippen LogP contribution is -2.27. The zero-order chi connectivity index (χ0) is 15.2. The van der Waals surface area contributed by atoms with E-state index < -0.39 is 0 Å². The predicted molar refractivity (Wildman–Crippen MR) is 82.0 cm³/mol. The summed E-state index contributed by atoms with van der Waals surface area (Å²) in [4.78, 5) is 15.9. The number of benzene rings is 1. The van der Waals surface area contributed by atoms with Crippen LogP contribution in [0.25, 0.3) is 11.3 Å². The molecule has 1 aliphatic rings. The lowest BCUT2D eigenvalue weighted by molar-refractivity contribution is 0.0911. The van der Waals surface area contributed by atoms with Gasteiger partial charge in [-0.05, 0) is 53.6 Å². The lowest BCUT2D eigenvalue weighted by Gasteiger charge is -2.28. The second kappa shape index (κ2) is 4.83. The quantitative estimate of drug-likeness (QED) is 0.863. The minimum Gasteiger partial charge on any atom is -0.358 e. The maximum atomic E-state index is 13.1. The molecule has 3 heteroatoms. The van der Waals surface area contributed by atoms with E-state index in [1.54, 1.807) is 12.1 Å². The fourth-order valence-electron chi connectivity index (χ4n) is 3.35. The second-order valence-electron chi connectivity index (χ2n) is 6.63. The van der Waals surface area contributed by atoms with Crippen LogP contribution < -0.4 is 0 Å². The van der Waals surface area contributed by atoms with Gasteiger partial charge in [0.1, 0.15) is 5.82 Å². The minimum atomic E-state index is -0.245. The Morgan fingerprint density at radius 2 is 1.86 bits per heavy atom.